The Bertz CT molecular complexity index is 251. The molecule has 0 radical (unpaired) electrons. The highest BCUT2D eigenvalue weighted by atomic mass is 16.4. The summed E-state index contributed by atoms with van der Waals surface area (Å²) in [7, 11) is 0. The van der Waals surface area contributed by atoms with Crippen LogP contribution in [0.2, 0.25) is 0 Å². The molecule has 0 heterocycles. The highest BCUT2D eigenvalue weighted by Crippen LogP contribution is 2.22. The van der Waals surface area contributed by atoms with Gasteiger partial charge in [0.15, 0.2) is 0 Å². The van der Waals surface area contributed by atoms with Crippen LogP contribution in [0.1, 0.15) is 60.3 Å². The predicted molar refractivity (Wildman–Crippen MR) is 78.0 cm³/mol. The zero-order valence-electron chi connectivity index (χ0n) is 12.7. The molecule has 0 rings (SSSR count). The molecule has 0 aromatic carbocycles. The Kier molecular flexibility index (Phi) is 8.00. The van der Waals surface area contributed by atoms with Gasteiger partial charge in [-0.05, 0) is 38.6 Å². The Morgan fingerprint density at radius 2 is 2.00 bits per heavy atom. The van der Waals surface area contributed by atoms with E-state index < -0.39 is 0 Å². The molecule has 2 unspecified atom stereocenters. The lowest BCUT2D eigenvalue weighted by atomic mass is 9.86. The summed E-state index contributed by atoms with van der Waals surface area (Å²) in [6.45, 7) is 11.8. The summed E-state index contributed by atoms with van der Waals surface area (Å²) in [4.78, 5) is 0. The second kappa shape index (κ2) is 8.35. The summed E-state index contributed by atoms with van der Waals surface area (Å²) in [5.74, 6) is 1.09. The zero-order valence-corrected chi connectivity index (χ0v) is 12.7. The molecule has 108 valence electrons. The Balaban J connectivity index is 3.80. The maximum absolute atomic E-state index is 8.69. The van der Waals surface area contributed by atoms with Crippen LogP contribution in [0.25, 0.3) is 0 Å². The Morgan fingerprint density at radius 1 is 1.39 bits per heavy atom. The van der Waals surface area contributed by atoms with Crippen molar-refractivity contribution in [3.8, 4) is 0 Å². The number of rotatable bonds is 9. The van der Waals surface area contributed by atoms with Crippen LogP contribution in [0, 0.1) is 11.3 Å². The number of amidine groups is 1. The quantitative estimate of drug-likeness (QED) is 0.195. The molecule has 4 N–H and O–H groups in total. The third kappa shape index (κ3) is 6.84. The summed E-state index contributed by atoms with van der Waals surface area (Å²) < 4.78 is 0. The molecule has 18 heavy (non-hydrogen) atoms. The molecule has 2 atom stereocenters. The van der Waals surface area contributed by atoms with Crippen molar-refractivity contribution in [2.24, 2.45) is 22.2 Å². The molecular weight excluding hydrogens is 226 g/mol. The fourth-order valence-electron chi connectivity index (χ4n) is 2.00. The first-order valence-corrected chi connectivity index (χ1v) is 7.04. The van der Waals surface area contributed by atoms with Gasteiger partial charge in [0, 0.05) is 11.5 Å². The number of nitrogens with zero attached hydrogens (tertiary/aromatic N) is 1. The summed E-state index contributed by atoms with van der Waals surface area (Å²) in [5, 5.41) is 15.3. The van der Waals surface area contributed by atoms with Gasteiger partial charge in [0.2, 0.25) is 0 Å². The molecular formula is C14H31N3O. The van der Waals surface area contributed by atoms with E-state index in [1.54, 1.807) is 0 Å². The normalized spacial score (nSPS) is 16.6. The van der Waals surface area contributed by atoms with Crippen LogP contribution in [0.5, 0.6) is 0 Å². The molecule has 0 aliphatic rings. The van der Waals surface area contributed by atoms with Crippen LogP contribution in [-0.2, 0) is 0 Å². The Morgan fingerprint density at radius 3 is 2.50 bits per heavy atom. The number of nitrogens with two attached hydrogens (primary N) is 1. The van der Waals surface area contributed by atoms with E-state index in [2.05, 4.69) is 31.2 Å². The summed E-state index contributed by atoms with van der Waals surface area (Å²) in [6.07, 6.45) is 4.42. The lowest BCUT2D eigenvalue weighted by Crippen LogP contribution is -2.34. The molecule has 0 spiro atoms. The second-order valence-corrected chi connectivity index (χ2v) is 6.08. The molecule has 0 saturated heterocycles. The summed E-state index contributed by atoms with van der Waals surface area (Å²) >= 11 is 0. The number of nitrogens with one attached hydrogen (secondary N) is 1. The van der Waals surface area contributed by atoms with Crippen LogP contribution < -0.4 is 11.1 Å². The van der Waals surface area contributed by atoms with E-state index in [1.165, 1.54) is 12.8 Å². The van der Waals surface area contributed by atoms with Gasteiger partial charge in [-0.1, -0.05) is 39.3 Å². The van der Waals surface area contributed by atoms with Crippen molar-refractivity contribution in [1.82, 2.24) is 5.32 Å². The second-order valence-electron chi connectivity index (χ2n) is 6.08. The van der Waals surface area contributed by atoms with E-state index in [1.807, 2.05) is 13.8 Å². The monoisotopic (exact) mass is 257 g/mol. The minimum Gasteiger partial charge on any atom is -0.409 e. The fourth-order valence-corrected chi connectivity index (χ4v) is 2.00. The van der Waals surface area contributed by atoms with Gasteiger partial charge in [-0.25, -0.2) is 0 Å². The van der Waals surface area contributed by atoms with Crippen LogP contribution in [-0.4, -0.2) is 23.6 Å². The summed E-state index contributed by atoms with van der Waals surface area (Å²) in [5.41, 5.74) is 5.43. The van der Waals surface area contributed by atoms with E-state index in [0.29, 0.717) is 11.9 Å². The Hall–Kier alpha value is -0.770. The van der Waals surface area contributed by atoms with Crippen molar-refractivity contribution < 1.29 is 5.21 Å². The van der Waals surface area contributed by atoms with Gasteiger partial charge in [-0.2, -0.15) is 0 Å². The number of hydrogen-bond donors (Lipinski definition) is 3. The first kappa shape index (κ1) is 17.2. The molecule has 0 saturated carbocycles. The van der Waals surface area contributed by atoms with Crippen LogP contribution in [0.4, 0.5) is 0 Å². The van der Waals surface area contributed by atoms with Gasteiger partial charge in [0.05, 0.1) is 0 Å². The highest BCUT2D eigenvalue weighted by molar-refractivity contribution is 5.85. The van der Waals surface area contributed by atoms with Gasteiger partial charge in [-0.15, -0.1) is 0 Å². The lowest BCUT2D eigenvalue weighted by Gasteiger charge is -2.23. The third-order valence-corrected chi connectivity index (χ3v) is 3.73. The molecule has 0 amide bonds. The predicted octanol–water partition coefficient (Wildman–Crippen LogP) is 2.95. The number of oxime groups is 1. The highest BCUT2D eigenvalue weighted by Gasteiger charge is 2.22. The van der Waals surface area contributed by atoms with E-state index in [-0.39, 0.29) is 5.41 Å². The summed E-state index contributed by atoms with van der Waals surface area (Å²) in [6, 6.07) is 0.562. The zero-order chi connectivity index (χ0) is 14.2. The molecule has 0 bridgehead atoms. The van der Waals surface area contributed by atoms with Crippen molar-refractivity contribution in [3.63, 3.8) is 0 Å². The van der Waals surface area contributed by atoms with Crippen LogP contribution in [0.3, 0.4) is 0 Å². The lowest BCUT2D eigenvalue weighted by molar-refractivity contribution is 0.303. The van der Waals surface area contributed by atoms with Gasteiger partial charge >= 0.3 is 0 Å². The average molecular weight is 257 g/mol. The van der Waals surface area contributed by atoms with Crippen molar-refractivity contribution in [3.05, 3.63) is 0 Å². The molecule has 0 fully saturated rings. The minimum atomic E-state index is -0.226. The first-order valence-electron chi connectivity index (χ1n) is 7.04. The maximum atomic E-state index is 8.69. The van der Waals surface area contributed by atoms with E-state index in [0.717, 1.165) is 25.3 Å². The molecule has 0 aliphatic heterocycles. The van der Waals surface area contributed by atoms with E-state index in [4.69, 9.17) is 10.9 Å². The standard InChI is InChI=1S/C14H31N3O/c1-6-11(2)10-12(3)16-9-7-8-14(4,5)13(15)17-18/h11-12,16,18H,6-10H2,1-5H3,(H2,15,17). The Labute approximate surface area is 112 Å². The topological polar surface area (TPSA) is 70.6 Å². The van der Waals surface area contributed by atoms with Crippen molar-refractivity contribution in [2.75, 3.05) is 6.54 Å². The van der Waals surface area contributed by atoms with Gasteiger partial charge in [0.25, 0.3) is 0 Å². The van der Waals surface area contributed by atoms with Gasteiger partial charge in [-0.3, -0.25) is 0 Å². The van der Waals surface area contributed by atoms with Crippen molar-refractivity contribution >= 4 is 5.84 Å². The van der Waals surface area contributed by atoms with E-state index in [9.17, 15) is 0 Å². The smallest absolute Gasteiger partial charge is 0.144 e. The molecule has 4 nitrogen and oxygen atoms in total. The first-order chi connectivity index (χ1) is 8.33. The molecule has 0 aromatic rings. The maximum Gasteiger partial charge on any atom is 0.144 e. The molecule has 0 aliphatic carbocycles. The van der Waals surface area contributed by atoms with Crippen LogP contribution >= 0.6 is 0 Å². The van der Waals surface area contributed by atoms with Crippen molar-refractivity contribution in [1.29, 1.82) is 0 Å². The largest absolute Gasteiger partial charge is 0.409 e. The van der Waals surface area contributed by atoms with Crippen molar-refractivity contribution in [2.45, 2.75) is 66.3 Å². The van der Waals surface area contributed by atoms with Gasteiger partial charge in [0.1, 0.15) is 5.84 Å². The minimum absolute atomic E-state index is 0.226. The molecule has 4 heteroatoms. The SMILES string of the molecule is CCC(C)CC(C)NCCCC(C)(C)C(N)=NO. The number of hydrogen-bond acceptors (Lipinski definition) is 3. The molecule has 0 aromatic heterocycles. The van der Waals surface area contributed by atoms with E-state index >= 15 is 0 Å². The fraction of sp³-hybridized carbons (Fsp3) is 0.929. The van der Waals surface area contributed by atoms with Gasteiger partial charge < -0.3 is 16.3 Å². The average Bonchev–Trinajstić information content (AvgIpc) is 2.33. The third-order valence-electron chi connectivity index (χ3n) is 3.73. The van der Waals surface area contributed by atoms with Crippen LogP contribution in [0.15, 0.2) is 5.16 Å².